The lowest BCUT2D eigenvalue weighted by Crippen LogP contribution is -2.28. The zero-order valence-electron chi connectivity index (χ0n) is 47.4. The molecule has 0 aromatic rings. The first-order chi connectivity index (χ1) is 34.1. The Morgan fingerprint density at radius 2 is 0.449 bits per heavy atom. The molecule has 0 spiro atoms. The molecule has 412 valence electrons. The summed E-state index contributed by atoms with van der Waals surface area (Å²) in [7, 11) is 0. The van der Waals surface area contributed by atoms with Crippen molar-refractivity contribution in [1.29, 1.82) is 0 Å². The van der Waals surface area contributed by atoms with Crippen LogP contribution in [-0.2, 0) is 19.1 Å². The minimum absolute atomic E-state index is 0.0555. The van der Waals surface area contributed by atoms with Gasteiger partial charge in [-0.3, -0.25) is 9.59 Å². The standard InChI is InChI=1S/C64H126O5/c1-3-5-7-9-11-13-15-17-19-21-23-25-27-28-29-30-31-32-33-34-35-36-37-39-41-43-45-47-49-51-53-55-57-59-64(67)69-62(60-65)61-68-63(66)58-56-54-52-50-48-46-44-42-40-38-26-24-22-20-18-16-14-12-10-8-6-4-2/h62,65H,3-61H2,1-2H3. The number of rotatable bonds is 61. The van der Waals surface area contributed by atoms with Crippen molar-refractivity contribution < 1.29 is 24.2 Å². The van der Waals surface area contributed by atoms with Gasteiger partial charge in [0.2, 0.25) is 0 Å². The van der Waals surface area contributed by atoms with E-state index in [4.69, 9.17) is 9.47 Å². The van der Waals surface area contributed by atoms with Gasteiger partial charge in [0.1, 0.15) is 6.61 Å². The van der Waals surface area contributed by atoms with E-state index in [1.54, 1.807) is 0 Å². The minimum atomic E-state index is -0.765. The number of unbranched alkanes of at least 4 members (excludes halogenated alkanes) is 53. The summed E-state index contributed by atoms with van der Waals surface area (Å²) in [5.41, 5.74) is 0. The van der Waals surface area contributed by atoms with Gasteiger partial charge in [0.05, 0.1) is 6.61 Å². The van der Waals surface area contributed by atoms with E-state index in [0.29, 0.717) is 12.8 Å². The molecular weight excluding hydrogens is 849 g/mol. The number of esters is 2. The molecule has 0 radical (unpaired) electrons. The summed E-state index contributed by atoms with van der Waals surface area (Å²) in [6, 6.07) is 0. The first kappa shape index (κ1) is 67.9. The first-order valence-corrected chi connectivity index (χ1v) is 32.1. The van der Waals surface area contributed by atoms with E-state index in [1.807, 2.05) is 0 Å². The summed E-state index contributed by atoms with van der Waals surface area (Å²) in [4.78, 5) is 24.6. The molecule has 0 aromatic heterocycles. The second-order valence-electron chi connectivity index (χ2n) is 22.2. The molecule has 0 aliphatic carbocycles. The summed E-state index contributed by atoms with van der Waals surface area (Å²) in [5, 5.41) is 9.67. The Morgan fingerprint density at radius 1 is 0.275 bits per heavy atom. The van der Waals surface area contributed by atoms with Crippen LogP contribution >= 0.6 is 0 Å². The zero-order valence-corrected chi connectivity index (χ0v) is 47.4. The summed E-state index contributed by atoms with van der Waals surface area (Å²) in [6.07, 6.45) is 75.5. The molecule has 0 aromatic carbocycles. The van der Waals surface area contributed by atoms with Crippen LogP contribution in [0.2, 0.25) is 0 Å². The van der Waals surface area contributed by atoms with E-state index in [1.165, 1.54) is 321 Å². The van der Waals surface area contributed by atoms with Gasteiger partial charge in [0.25, 0.3) is 0 Å². The monoisotopic (exact) mass is 975 g/mol. The predicted octanol–water partition coefficient (Wildman–Crippen LogP) is 21.7. The molecule has 1 N–H and O–H groups in total. The highest BCUT2D eigenvalue weighted by Gasteiger charge is 2.16. The third-order valence-corrected chi connectivity index (χ3v) is 15.2. The fourth-order valence-electron chi connectivity index (χ4n) is 10.3. The predicted molar refractivity (Wildman–Crippen MR) is 302 cm³/mol. The molecule has 5 heteroatoms. The van der Waals surface area contributed by atoms with Crippen LogP contribution in [0.4, 0.5) is 0 Å². The number of aliphatic hydroxyl groups excluding tert-OH is 1. The van der Waals surface area contributed by atoms with Crippen LogP contribution < -0.4 is 0 Å². The Balaban J connectivity index is 3.36. The molecule has 0 aliphatic rings. The largest absolute Gasteiger partial charge is 0.462 e. The highest BCUT2D eigenvalue weighted by molar-refractivity contribution is 5.70. The van der Waals surface area contributed by atoms with Gasteiger partial charge in [0.15, 0.2) is 6.10 Å². The van der Waals surface area contributed by atoms with Crippen molar-refractivity contribution >= 4 is 11.9 Å². The zero-order chi connectivity index (χ0) is 49.9. The molecule has 5 nitrogen and oxygen atoms in total. The lowest BCUT2D eigenvalue weighted by atomic mass is 10.0. The molecule has 1 atom stereocenters. The van der Waals surface area contributed by atoms with E-state index in [2.05, 4.69) is 13.8 Å². The third-order valence-electron chi connectivity index (χ3n) is 15.2. The molecule has 0 heterocycles. The maximum atomic E-state index is 12.3. The van der Waals surface area contributed by atoms with Crippen LogP contribution in [-0.4, -0.2) is 36.4 Å². The van der Waals surface area contributed by atoms with Crippen molar-refractivity contribution in [2.75, 3.05) is 13.2 Å². The normalized spacial score (nSPS) is 12.0. The number of carbonyl (C=O) groups excluding carboxylic acids is 2. The number of aliphatic hydroxyl groups is 1. The number of hydrogen-bond acceptors (Lipinski definition) is 5. The second-order valence-corrected chi connectivity index (χ2v) is 22.2. The summed E-state index contributed by atoms with van der Waals surface area (Å²) >= 11 is 0. The Kier molecular flexibility index (Phi) is 60.2. The SMILES string of the molecule is CCCCCCCCCCCCCCCCCCCCCCCCCCCCCCCCCCCC(=O)OC(CO)COC(=O)CCCCCCCCCCCCCCCCCCCCCCCC. The van der Waals surface area contributed by atoms with Crippen molar-refractivity contribution in [3.63, 3.8) is 0 Å². The van der Waals surface area contributed by atoms with Gasteiger partial charge < -0.3 is 14.6 Å². The maximum absolute atomic E-state index is 12.3. The summed E-state index contributed by atoms with van der Waals surface area (Å²) < 4.78 is 10.7. The van der Waals surface area contributed by atoms with E-state index < -0.39 is 6.10 Å². The van der Waals surface area contributed by atoms with Gasteiger partial charge in [-0.25, -0.2) is 0 Å². The number of ether oxygens (including phenoxy) is 2. The Bertz CT molecular complexity index is 968. The van der Waals surface area contributed by atoms with Gasteiger partial charge in [-0.15, -0.1) is 0 Å². The molecule has 0 bridgehead atoms. The van der Waals surface area contributed by atoms with E-state index in [0.717, 1.165) is 32.1 Å². The van der Waals surface area contributed by atoms with Crippen LogP contribution in [0.3, 0.4) is 0 Å². The smallest absolute Gasteiger partial charge is 0.306 e. The van der Waals surface area contributed by atoms with Gasteiger partial charge in [0, 0.05) is 12.8 Å². The van der Waals surface area contributed by atoms with Crippen molar-refractivity contribution in [1.82, 2.24) is 0 Å². The van der Waals surface area contributed by atoms with Crippen molar-refractivity contribution in [2.45, 2.75) is 386 Å². The highest BCUT2D eigenvalue weighted by Crippen LogP contribution is 2.19. The van der Waals surface area contributed by atoms with Crippen LogP contribution in [0.25, 0.3) is 0 Å². The fourth-order valence-corrected chi connectivity index (χ4v) is 10.3. The fraction of sp³-hybridized carbons (Fsp3) is 0.969. The maximum Gasteiger partial charge on any atom is 0.306 e. The molecule has 0 saturated carbocycles. The summed E-state index contributed by atoms with van der Waals surface area (Å²) in [6.45, 7) is 4.22. The van der Waals surface area contributed by atoms with Gasteiger partial charge in [-0.1, -0.05) is 354 Å². The van der Waals surface area contributed by atoms with Crippen molar-refractivity contribution in [3.8, 4) is 0 Å². The van der Waals surface area contributed by atoms with Crippen LogP contribution in [0, 0.1) is 0 Å². The Morgan fingerprint density at radius 3 is 0.638 bits per heavy atom. The first-order valence-electron chi connectivity index (χ1n) is 32.1. The van der Waals surface area contributed by atoms with Gasteiger partial charge in [-0.2, -0.15) is 0 Å². The topological polar surface area (TPSA) is 72.8 Å². The number of hydrogen-bond donors (Lipinski definition) is 1. The van der Waals surface area contributed by atoms with Crippen LogP contribution in [0.1, 0.15) is 380 Å². The lowest BCUT2D eigenvalue weighted by Gasteiger charge is -2.15. The summed E-state index contributed by atoms with van der Waals surface area (Å²) in [5.74, 6) is -0.561. The van der Waals surface area contributed by atoms with E-state index in [9.17, 15) is 14.7 Å². The molecule has 0 aliphatic heterocycles. The minimum Gasteiger partial charge on any atom is -0.462 e. The lowest BCUT2D eigenvalue weighted by molar-refractivity contribution is -0.161. The number of carbonyl (C=O) groups is 2. The van der Waals surface area contributed by atoms with Crippen molar-refractivity contribution in [2.24, 2.45) is 0 Å². The molecule has 0 rings (SSSR count). The highest BCUT2D eigenvalue weighted by atomic mass is 16.6. The Hall–Kier alpha value is -1.10. The van der Waals surface area contributed by atoms with E-state index in [-0.39, 0.29) is 25.2 Å². The molecule has 0 amide bonds. The Labute approximate surface area is 433 Å². The molecule has 0 fully saturated rings. The van der Waals surface area contributed by atoms with Crippen molar-refractivity contribution in [3.05, 3.63) is 0 Å². The van der Waals surface area contributed by atoms with Gasteiger partial charge >= 0.3 is 11.9 Å². The third kappa shape index (κ3) is 59.4. The van der Waals surface area contributed by atoms with Gasteiger partial charge in [-0.05, 0) is 12.8 Å². The van der Waals surface area contributed by atoms with Crippen LogP contribution in [0.5, 0.6) is 0 Å². The second kappa shape index (κ2) is 61.2. The average Bonchev–Trinajstić information content (AvgIpc) is 3.35. The molecule has 1 unspecified atom stereocenters. The molecule has 0 saturated heterocycles. The van der Waals surface area contributed by atoms with E-state index >= 15 is 0 Å². The van der Waals surface area contributed by atoms with Crippen LogP contribution in [0.15, 0.2) is 0 Å². The quantitative estimate of drug-likeness (QED) is 0.0486. The average molecular weight is 976 g/mol. The molecule has 69 heavy (non-hydrogen) atoms. The molecular formula is C64H126O5.